The molecule has 0 N–H and O–H groups in total. The fourth-order valence-electron chi connectivity index (χ4n) is 1.25. The molecule has 0 saturated heterocycles. The van der Waals surface area contributed by atoms with Crippen molar-refractivity contribution in [2.45, 2.75) is 30.0 Å². The smallest absolute Gasteiger partial charge is 0.209 e. The Balaban J connectivity index is 3.08. The maximum atomic E-state index is 11.9. The molecule has 80 valence electrons. The van der Waals surface area contributed by atoms with Gasteiger partial charge in [0.2, 0.25) is 9.84 Å². The first kappa shape index (κ1) is 11.7. The first-order chi connectivity index (χ1) is 7.12. The Kier molecular flexibility index (Phi) is 3.87. The van der Waals surface area contributed by atoms with Crippen LogP contribution >= 0.6 is 0 Å². The van der Waals surface area contributed by atoms with Crippen molar-refractivity contribution in [1.82, 2.24) is 4.98 Å². The van der Waals surface area contributed by atoms with Gasteiger partial charge in [-0.15, -0.1) is 6.42 Å². The van der Waals surface area contributed by atoms with Crippen LogP contribution < -0.4 is 0 Å². The largest absolute Gasteiger partial charge is 0.245 e. The summed E-state index contributed by atoms with van der Waals surface area (Å²) in [6, 6.07) is 4.78. The lowest BCUT2D eigenvalue weighted by molar-refractivity contribution is 0.580. The number of hydrogen-bond acceptors (Lipinski definition) is 3. The van der Waals surface area contributed by atoms with E-state index in [1.165, 1.54) is 12.3 Å². The van der Waals surface area contributed by atoms with Gasteiger partial charge < -0.3 is 0 Å². The lowest BCUT2D eigenvalue weighted by atomic mass is 10.2. The van der Waals surface area contributed by atoms with E-state index in [4.69, 9.17) is 6.42 Å². The van der Waals surface area contributed by atoms with Gasteiger partial charge in [-0.1, -0.05) is 25.3 Å². The van der Waals surface area contributed by atoms with Crippen LogP contribution in [0.5, 0.6) is 0 Å². The Morgan fingerprint density at radius 1 is 1.53 bits per heavy atom. The predicted molar refractivity (Wildman–Crippen MR) is 59.0 cm³/mol. The van der Waals surface area contributed by atoms with Gasteiger partial charge in [0.05, 0.1) is 0 Å². The average Bonchev–Trinajstić information content (AvgIpc) is 2.27. The molecule has 0 bridgehead atoms. The van der Waals surface area contributed by atoms with Crippen LogP contribution in [0, 0.1) is 12.3 Å². The molecule has 1 aromatic rings. The summed E-state index contributed by atoms with van der Waals surface area (Å²) < 4.78 is 23.9. The van der Waals surface area contributed by atoms with E-state index in [0.717, 1.165) is 6.42 Å². The standard InChI is InChI=1S/C11H13NO2S/c1-3-7-10(4-2)15(13,14)11-8-5-6-9-12-11/h2,5-6,8-10H,3,7H2,1H3/t10-/m0/s1. The van der Waals surface area contributed by atoms with Crippen LogP contribution in [-0.4, -0.2) is 18.7 Å². The number of nitrogens with zero attached hydrogens (tertiary/aromatic N) is 1. The van der Waals surface area contributed by atoms with Crippen LogP contribution in [0.25, 0.3) is 0 Å². The van der Waals surface area contributed by atoms with Crippen LogP contribution in [0.2, 0.25) is 0 Å². The Labute approximate surface area is 90.5 Å². The molecule has 1 atom stereocenters. The fourth-order valence-corrected chi connectivity index (χ4v) is 2.74. The van der Waals surface area contributed by atoms with Gasteiger partial charge in [-0.2, -0.15) is 0 Å². The summed E-state index contributed by atoms with van der Waals surface area (Å²) in [6.07, 6.45) is 7.88. The van der Waals surface area contributed by atoms with E-state index in [0.29, 0.717) is 6.42 Å². The fraction of sp³-hybridized carbons (Fsp3) is 0.364. The van der Waals surface area contributed by atoms with Crippen LogP contribution in [-0.2, 0) is 9.84 Å². The molecule has 0 amide bonds. The number of terminal acetylenes is 1. The highest BCUT2D eigenvalue weighted by molar-refractivity contribution is 7.92. The lowest BCUT2D eigenvalue weighted by Crippen LogP contribution is -2.20. The van der Waals surface area contributed by atoms with Crippen molar-refractivity contribution in [3.63, 3.8) is 0 Å². The topological polar surface area (TPSA) is 47.0 Å². The molecular weight excluding hydrogens is 210 g/mol. The number of pyridine rings is 1. The van der Waals surface area contributed by atoms with E-state index in [2.05, 4.69) is 10.9 Å². The zero-order valence-electron chi connectivity index (χ0n) is 8.55. The van der Waals surface area contributed by atoms with E-state index in [-0.39, 0.29) is 5.03 Å². The van der Waals surface area contributed by atoms with Gasteiger partial charge in [-0.3, -0.25) is 0 Å². The quantitative estimate of drug-likeness (QED) is 0.729. The van der Waals surface area contributed by atoms with Crippen molar-refractivity contribution in [3.8, 4) is 12.3 Å². The van der Waals surface area contributed by atoms with Crippen molar-refractivity contribution in [2.24, 2.45) is 0 Å². The van der Waals surface area contributed by atoms with Crippen molar-refractivity contribution >= 4 is 9.84 Å². The summed E-state index contributed by atoms with van der Waals surface area (Å²) in [5.41, 5.74) is 0. The van der Waals surface area contributed by atoms with Gasteiger partial charge in [0.15, 0.2) is 5.03 Å². The summed E-state index contributed by atoms with van der Waals surface area (Å²) in [4.78, 5) is 3.82. The Morgan fingerprint density at radius 3 is 2.73 bits per heavy atom. The third kappa shape index (κ3) is 2.57. The second kappa shape index (κ2) is 4.94. The minimum absolute atomic E-state index is 0.0569. The van der Waals surface area contributed by atoms with Crippen molar-refractivity contribution in [3.05, 3.63) is 24.4 Å². The third-order valence-corrected chi connectivity index (χ3v) is 3.99. The van der Waals surface area contributed by atoms with Crippen molar-refractivity contribution in [1.29, 1.82) is 0 Å². The molecule has 1 heterocycles. The van der Waals surface area contributed by atoms with Crippen LogP contribution in [0.1, 0.15) is 19.8 Å². The Bertz CT molecular complexity index is 445. The third-order valence-electron chi connectivity index (χ3n) is 2.04. The molecule has 0 unspecified atom stereocenters. The highest BCUT2D eigenvalue weighted by Gasteiger charge is 2.25. The van der Waals surface area contributed by atoms with Crippen LogP contribution in [0.4, 0.5) is 0 Å². The van der Waals surface area contributed by atoms with Crippen LogP contribution in [0.15, 0.2) is 29.4 Å². The Morgan fingerprint density at radius 2 is 2.27 bits per heavy atom. The molecule has 0 aliphatic heterocycles. The highest BCUT2D eigenvalue weighted by atomic mass is 32.2. The SMILES string of the molecule is C#C[C@@H](CCC)S(=O)(=O)c1ccccn1. The molecule has 0 aromatic carbocycles. The first-order valence-electron chi connectivity index (χ1n) is 4.74. The molecule has 4 heteroatoms. The first-order valence-corrected chi connectivity index (χ1v) is 6.28. The molecule has 0 saturated carbocycles. The molecule has 1 rings (SSSR count). The van der Waals surface area contributed by atoms with E-state index >= 15 is 0 Å². The maximum Gasteiger partial charge on any atom is 0.209 e. The second-order valence-corrected chi connectivity index (χ2v) is 5.23. The molecule has 1 aromatic heterocycles. The summed E-state index contributed by atoms with van der Waals surface area (Å²) in [6.45, 7) is 1.90. The average molecular weight is 223 g/mol. The molecule has 0 radical (unpaired) electrons. The van der Waals surface area contributed by atoms with Crippen LogP contribution in [0.3, 0.4) is 0 Å². The number of sulfone groups is 1. The number of rotatable bonds is 4. The zero-order valence-corrected chi connectivity index (χ0v) is 9.37. The summed E-state index contributed by atoms with van der Waals surface area (Å²) in [5, 5.41) is -0.709. The minimum atomic E-state index is -3.46. The Hall–Kier alpha value is -1.34. The summed E-state index contributed by atoms with van der Waals surface area (Å²) >= 11 is 0. The van der Waals surface area contributed by atoms with Gasteiger partial charge >= 0.3 is 0 Å². The monoisotopic (exact) mass is 223 g/mol. The number of aromatic nitrogens is 1. The highest BCUT2D eigenvalue weighted by Crippen LogP contribution is 2.16. The van der Waals surface area contributed by atoms with E-state index in [9.17, 15) is 8.42 Å². The van der Waals surface area contributed by atoms with Gasteiger partial charge in [-0.05, 0) is 18.6 Å². The molecule has 0 fully saturated rings. The van der Waals surface area contributed by atoms with Crippen molar-refractivity contribution < 1.29 is 8.42 Å². The van der Waals surface area contributed by atoms with Crippen molar-refractivity contribution in [2.75, 3.05) is 0 Å². The summed E-state index contributed by atoms with van der Waals surface area (Å²) in [5.74, 6) is 2.31. The van der Waals surface area contributed by atoms with Gasteiger partial charge in [0, 0.05) is 6.20 Å². The zero-order chi connectivity index (χ0) is 11.3. The normalized spacial score (nSPS) is 13.1. The maximum absolute atomic E-state index is 11.9. The molecule has 0 spiro atoms. The predicted octanol–water partition coefficient (Wildman–Crippen LogP) is 1.66. The van der Waals surface area contributed by atoms with Gasteiger partial charge in [0.25, 0.3) is 0 Å². The van der Waals surface area contributed by atoms with Gasteiger partial charge in [0.1, 0.15) is 5.25 Å². The molecular formula is C11H13NO2S. The van der Waals surface area contributed by atoms with E-state index < -0.39 is 15.1 Å². The molecule has 3 nitrogen and oxygen atoms in total. The van der Waals surface area contributed by atoms with E-state index in [1.54, 1.807) is 12.1 Å². The number of hydrogen-bond donors (Lipinski definition) is 0. The summed E-state index contributed by atoms with van der Waals surface area (Å²) in [7, 11) is -3.46. The molecule has 0 aliphatic rings. The van der Waals surface area contributed by atoms with E-state index in [1.807, 2.05) is 6.92 Å². The second-order valence-electron chi connectivity index (χ2n) is 3.16. The molecule has 15 heavy (non-hydrogen) atoms. The molecule has 0 aliphatic carbocycles. The minimum Gasteiger partial charge on any atom is -0.245 e. The lowest BCUT2D eigenvalue weighted by Gasteiger charge is -2.09. The van der Waals surface area contributed by atoms with Gasteiger partial charge in [-0.25, -0.2) is 13.4 Å².